The van der Waals surface area contributed by atoms with Gasteiger partial charge in [0.05, 0.1) is 33.4 Å². The average molecular weight is 1270 g/mol. The summed E-state index contributed by atoms with van der Waals surface area (Å²) < 4.78 is 90.5. The molecule has 17 aromatic rings. The summed E-state index contributed by atoms with van der Waals surface area (Å²) >= 11 is 0. The summed E-state index contributed by atoms with van der Waals surface area (Å²) in [7, 11) is 0. The van der Waals surface area contributed by atoms with E-state index in [4.69, 9.17) is 11.9 Å². The third-order valence-corrected chi connectivity index (χ3v) is 20.7. The fourth-order valence-corrected chi connectivity index (χ4v) is 16.1. The zero-order valence-corrected chi connectivity index (χ0v) is 53.9. The number of furan rings is 1. The van der Waals surface area contributed by atoms with Crippen LogP contribution < -0.4 is 30.9 Å². The van der Waals surface area contributed by atoms with E-state index < -0.39 is 48.4 Å². The molecule has 0 spiro atoms. The topological polar surface area (TPSA) is 33.8 Å². The number of fused-ring (bicyclic) bond motifs is 12. The molecule has 6 heteroatoms. The van der Waals surface area contributed by atoms with Crippen molar-refractivity contribution in [3.05, 3.63) is 351 Å². The smallest absolute Gasteiger partial charge is 0.252 e. The predicted molar refractivity (Wildman–Crippen MR) is 413 cm³/mol. The van der Waals surface area contributed by atoms with Gasteiger partial charge in [-0.1, -0.05) is 281 Å². The quantitative estimate of drug-likeness (QED) is 0.135. The Hall–Kier alpha value is -12.6. The maximum Gasteiger partial charge on any atom is 0.252 e. The van der Waals surface area contributed by atoms with Crippen molar-refractivity contribution < 1.29 is 20.1 Å². The molecule has 0 N–H and O–H groups in total. The Morgan fingerprint density at radius 3 is 1.38 bits per heavy atom. The van der Waals surface area contributed by atoms with Crippen LogP contribution in [0.5, 0.6) is 11.5 Å². The highest BCUT2D eigenvalue weighted by Gasteiger charge is 2.46. The van der Waals surface area contributed by atoms with Gasteiger partial charge >= 0.3 is 0 Å². The summed E-state index contributed by atoms with van der Waals surface area (Å²) in [6.07, 6.45) is 0. The van der Waals surface area contributed by atoms with Crippen LogP contribution in [0.25, 0.3) is 116 Å². The van der Waals surface area contributed by atoms with E-state index in [0.717, 1.165) is 162 Å². The Morgan fingerprint density at radius 1 is 0.333 bits per heavy atom. The Morgan fingerprint density at radius 2 is 0.788 bits per heavy atom. The summed E-state index contributed by atoms with van der Waals surface area (Å²) in [5.41, 5.74) is 23.6. The van der Waals surface area contributed by atoms with Crippen molar-refractivity contribution in [2.75, 3.05) is 9.80 Å². The molecule has 3 aliphatic rings. The highest BCUT2D eigenvalue weighted by atomic mass is 16.5. The molecule has 0 amide bonds. The average Bonchev–Trinajstić information content (AvgIpc) is 1.54. The van der Waals surface area contributed by atoms with Crippen molar-refractivity contribution in [2.45, 2.75) is 19.3 Å². The molecule has 3 aliphatic heterocycles. The molecule has 0 atom stereocenters. The second-order valence-corrected chi connectivity index (χ2v) is 26.4. The summed E-state index contributed by atoms with van der Waals surface area (Å²) in [6, 6.07) is 99.0. The van der Waals surface area contributed by atoms with Crippen molar-refractivity contribution >= 4 is 101 Å². The van der Waals surface area contributed by atoms with Crippen molar-refractivity contribution in [2.24, 2.45) is 0 Å². The molecule has 0 bridgehead atoms. The highest BCUT2D eigenvalue weighted by Crippen LogP contribution is 2.56. The van der Waals surface area contributed by atoms with E-state index in [1.807, 2.05) is 48.5 Å². The van der Waals surface area contributed by atoms with Crippen molar-refractivity contribution in [1.29, 1.82) is 0 Å². The van der Waals surface area contributed by atoms with E-state index in [1.165, 1.54) is 0 Å². The largest absolute Gasteiger partial charge is 0.457 e. The fraction of sp³-hybridized carbons (Fsp3) is 0.0323. The minimum Gasteiger partial charge on any atom is -0.457 e. The third-order valence-electron chi connectivity index (χ3n) is 20.7. The van der Waals surface area contributed by atoms with Gasteiger partial charge < -0.3 is 23.5 Å². The first-order valence-electron chi connectivity index (χ1n) is 37.6. The number of para-hydroxylation sites is 6. The minimum atomic E-state index is -0.528. The maximum atomic E-state index is 9.82. The van der Waals surface area contributed by atoms with Crippen LogP contribution in [0.2, 0.25) is 0 Å². The lowest BCUT2D eigenvalue weighted by atomic mass is 9.33. The van der Waals surface area contributed by atoms with E-state index in [-0.39, 0.29) is 33.9 Å². The van der Waals surface area contributed by atoms with Gasteiger partial charge in [0.2, 0.25) is 0 Å². The Labute approximate surface area is 586 Å². The van der Waals surface area contributed by atoms with Crippen LogP contribution in [-0.2, 0) is 5.41 Å². The van der Waals surface area contributed by atoms with Crippen LogP contribution in [0.4, 0.5) is 34.1 Å². The summed E-state index contributed by atoms with van der Waals surface area (Å²) in [5.74, 6) is 1.55. The van der Waals surface area contributed by atoms with E-state index >= 15 is 0 Å². The van der Waals surface area contributed by atoms with Gasteiger partial charge in [0, 0.05) is 88.8 Å². The number of nitrogens with zero attached hydrogens (tertiary/aromatic N) is 3. The lowest BCUT2D eigenvalue weighted by Crippen LogP contribution is -2.61. The molecular formula is C93H62BN3O2. The SMILES string of the molecule is [2H]c1c([2H])c([2H])c2c(c1[2H])c1c([2H])c([2H])c([2H])c([2H])c1n2-c1ccc2c(c1)N(c1c(-c3ccccc3)cccc1-c1ccccc1)c1cc(-c3ccc4c(c3)Oc3ccccc3C4(C)C)cc3c1B2c1ccc(-c2ccc4oc5ccccc5c4c2)cc1N3c1c(-c2ccccc2)cccc1-c1ccccc1. The molecule has 464 valence electrons. The maximum absolute atomic E-state index is 9.82. The molecule has 0 fully saturated rings. The van der Waals surface area contributed by atoms with E-state index in [1.54, 1.807) is 4.57 Å². The molecule has 0 unspecified atom stereocenters. The molecule has 5 nitrogen and oxygen atoms in total. The lowest BCUT2D eigenvalue weighted by Gasteiger charge is -2.46. The lowest BCUT2D eigenvalue weighted by molar-refractivity contribution is 0.418. The van der Waals surface area contributed by atoms with Crippen LogP contribution in [0.3, 0.4) is 0 Å². The highest BCUT2D eigenvalue weighted by molar-refractivity contribution is 7.00. The van der Waals surface area contributed by atoms with Gasteiger partial charge in [0.25, 0.3) is 6.71 Å². The molecule has 0 saturated heterocycles. The van der Waals surface area contributed by atoms with Gasteiger partial charge in [-0.2, -0.15) is 0 Å². The summed E-state index contributed by atoms with van der Waals surface area (Å²) in [5, 5.41) is 2.02. The molecular weight excluding hydrogens is 1200 g/mol. The Balaban J connectivity index is 0.967. The standard InChI is InChI=1S/C93H62BN3O2/c1-93(2)76-40-18-22-44-88(76)99-89-57-65(45-49-77(89)93)66-55-84-90-85(56-66)97(92-70(61-29-11-5-12-30-61)38-24-39-71(92)62-31-13-6-14-32-62)83-58-67(95-80-41-19-15-33-72(80)73-34-16-20-42-81(73)95)48-51-79(83)94(90)78-50-46-64(63-47-52-87-75(53-63)74-35-17-21-43-86(74)98-87)54-82(78)96(84)91-68(59-25-7-3-8-26-59)36-23-37-69(91)60-27-9-4-10-28-60/h3-58H,1-2H3/i15D,16D,19D,20D,33D,34D,41D,42D. The zero-order valence-electron chi connectivity index (χ0n) is 61.9. The zero-order chi connectivity index (χ0) is 72.4. The van der Waals surface area contributed by atoms with Crippen LogP contribution in [0, 0.1) is 0 Å². The van der Waals surface area contributed by atoms with Crippen LogP contribution in [0.15, 0.2) is 344 Å². The Bertz CT molecular complexity index is 6450. The first-order chi connectivity index (χ1) is 52.2. The molecule has 20 rings (SSSR count). The Kier molecular flexibility index (Phi) is 11.0. The van der Waals surface area contributed by atoms with Gasteiger partial charge in [-0.05, 0) is 134 Å². The van der Waals surface area contributed by atoms with Crippen molar-refractivity contribution in [3.8, 4) is 83.9 Å². The fourth-order valence-electron chi connectivity index (χ4n) is 16.1. The second-order valence-electron chi connectivity index (χ2n) is 26.4. The van der Waals surface area contributed by atoms with Crippen LogP contribution >= 0.6 is 0 Å². The molecule has 5 heterocycles. The van der Waals surface area contributed by atoms with Gasteiger partial charge in [0.15, 0.2) is 0 Å². The number of hydrogen-bond donors (Lipinski definition) is 0. The number of ether oxygens (including phenoxy) is 1. The van der Waals surface area contributed by atoms with Crippen molar-refractivity contribution in [3.63, 3.8) is 0 Å². The van der Waals surface area contributed by atoms with Crippen LogP contribution in [0.1, 0.15) is 35.9 Å². The van der Waals surface area contributed by atoms with E-state index in [9.17, 15) is 8.22 Å². The van der Waals surface area contributed by atoms with Crippen molar-refractivity contribution in [1.82, 2.24) is 4.57 Å². The van der Waals surface area contributed by atoms with Gasteiger partial charge in [-0.15, -0.1) is 0 Å². The van der Waals surface area contributed by atoms with Crippen LogP contribution in [-0.4, -0.2) is 11.3 Å². The third kappa shape index (κ3) is 8.82. The molecule has 0 saturated carbocycles. The van der Waals surface area contributed by atoms with Gasteiger partial charge in [-0.3, -0.25) is 0 Å². The minimum absolute atomic E-state index is 0.00300. The summed E-state index contributed by atoms with van der Waals surface area (Å²) in [6.45, 7) is 3.98. The number of anilines is 6. The number of benzene rings is 15. The molecule has 15 aromatic carbocycles. The molecule has 2 aromatic heterocycles. The number of rotatable bonds is 9. The molecule has 0 aliphatic carbocycles. The predicted octanol–water partition coefficient (Wildman–Crippen LogP) is 23.2. The first-order valence-corrected chi connectivity index (χ1v) is 33.6. The monoisotopic (exact) mass is 1270 g/mol. The number of hydrogen-bond acceptors (Lipinski definition) is 4. The van der Waals surface area contributed by atoms with Gasteiger partial charge in [-0.25, -0.2) is 0 Å². The number of aromatic nitrogens is 1. The molecule has 99 heavy (non-hydrogen) atoms. The second kappa shape index (κ2) is 22.2. The van der Waals surface area contributed by atoms with E-state index in [2.05, 4.69) is 266 Å². The van der Waals surface area contributed by atoms with Gasteiger partial charge in [0.1, 0.15) is 22.7 Å². The summed E-state index contributed by atoms with van der Waals surface area (Å²) in [4.78, 5) is 4.93. The first kappa shape index (κ1) is 49.0. The van der Waals surface area contributed by atoms with E-state index in [0.29, 0.717) is 5.69 Å². The normalized spacial score (nSPS) is 14.4. The molecule has 0 radical (unpaired) electrons.